The van der Waals surface area contributed by atoms with Gasteiger partial charge in [-0.15, -0.1) is 0 Å². The van der Waals surface area contributed by atoms with Gasteiger partial charge in [0, 0.05) is 39.1 Å². The zero-order valence-electron chi connectivity index (χ0n) is 16.9. The molecule has 6 heteroatoms. The minimum Gasteiger partial charge on any atom is -0.494 e. The van der Waals surface area contributed by atoms with E-state index < -0.39 is 0 Å². The van der Waals surface area contributed by atoms with Gasteiger partial charge in [0.2, 0.25) is 12.7 Å². The first-order valence-corrected chi connectivity index (χ1v) is 10.3. The van der Waals surface area contributed by atoms with Gasteiger partial charge in [-0.2, -0.15) is 0 Å². The molecule has 0 radical (unpaired) electrons. The summed E-state index contributed by atoms with van der Waals surface area (Å²) in [6, 6.07) is 14.1. The molecule has 29 heavy (non-hydrogen) atoms. The Morgan fingerprint density at radius 2 is 1.76 bits per heavy atom. The zero-order valence-corrected chi connectivity index (χ0v) is 16.9. The molecule has 2 aliphatic rings. The number of hydrogen-bond donors (Lipinski definition) is 0. The Kier molecular flexibility index (Phi) is 6.20. The highest BCUT2D eigenvalue weighted by atomic mass is 16.7. The van der Waals surface area contributed by atoms with Crippen molar-refractivity contribution in [2.45, 2.75) is 26.3 Å². The Bertz CT molecular complexity index is 829. The summed E-state index contributed by atoms with van der Waals surface area (Å²) >= 11 is 0. The van der Waals surface area contributed by atoms with E-state index in [1.807, 2.05) is 41.3 Å². The second kappa shape index (κ2) is 9.18. The van der Waals surface area contributed by atoms with Crippen molar-refractivity contribution in [2.24, 2.45) is 0 Å². The molecule has 0 bridgehead atoms. The van der Waals surface area contributed by atoms with Gasteiger partial charge >= 0.3 is 0 Å². The van der Waals surface area contributed by atoms with E-state index in [1.165, 1.54) is 11.1 Å². The van der Waals surface area contributed by atoms with Crippen LogP contribution < -0.4 is 14.2 Å². The average Bonchev–Trinajstić information content (AvgIpc) is 3.21. The fourth-order valence-corrected chi connectivity index (χ4v) is 3.66. The summed E-state index contributed by atoms with van der Waals surface area (Å²) < 4.78 is 16.5. The predicted molar refractivity (Wildman–Crippen MR) is 110 cm³/mol. The summed E-state index contributed by atoms with van der Waals surface area (Å²) in [7, 11) is 0. The quantitative estimate of drug-likeness (QED) is 0.673. The molecule has 2 heterocycles. The summed E-state index contributed by atoms with van der Waals surface area (Å²) in [5.41, 5.74) is 2.42. The molecule has 2 aliphatic heterocycles. The lowest BCUT2D eigenvalue weighted by atomic mass is 10.1. The van der Waals surface area contributed by atoms with E-state index in [9.17, 15) is 4.79 Å². The van der Waals surface area contributed by atoms with Crippen molar-refractivity contribution in [3.05, 3.63) is 53.6 Å². The lowest BCUT2D eigenvalue weighted by Gasteiger charge is -2.34. The summed E-state index contributed by atoms with van der Waals surface area (Å²) in [5.74, 6) is 2.72. The number of carbonyl (C=O) groups excluding carboxylic acids is 1. The first kappa shape index (κ1) is 19.6. The van der Waals surface area contributed by atoms with E-state index in [0.29, 0.717) is 19.8 Å². The number of piperazine rings is 1. The summed E-state index contributed by atoms with van der Waals surface area (Å²) in [5, 5.41) is 0. The Morgan fingerprint density at radius 1 is 1.00 bits per heavy atom. The normalized spacial score (nSPS) is 16.1. The SMILES string of the molecule is Cc1ccc(OCCCC(=O)N2CCN(Cc3ccc4c(c3)OCO4)CC2)cc1. The highest BCUT2D eigenvalue weighted by Gasteiger charge is 2.21. The molecule has 0 unspecified atom stereocenters. The topological polar surface area (TPSA) is 51.2 Å². The number of rotatable bonds is 7. The van der Waals surface area contributed by atoms with Crippen molar-refractivity contribution in [1.82, 2.24) is 9.80 Å². The second-order valence-electron chi connectivity index (χ2n) is 7.61. The minimum absolute atomic E-state index is 0.222. The van der Waals surface area contributed by atoms with E-state index >= 15 is 0 Å². The molecule has 4 rings (SSSR count). The molecule has 0 aliphatic carbocycles. The van der Waals surface area contributed by atoms with E-state index in [1.54, 1.807) is 0 Å². The fourth-order valence-electron chi connectivity index (χ4n) is 3.66. The standard InChI is InChI=1S/C23H28N2O4/c1-18-4-7-20(8-5-18)27-14-2-3-23(26)25-12-10-24(11-13-25)16-19-6-9-21-22(15-19)29-17-28-21/h4-9,15H,2-3,10-14,16-17H2,1H3. The van der Waals surface area contributed by atoms with Crippen LogP contribution in [0.1, 0.15) is 24.0 Å². The minimum atomic E-state index is 0.222. The third kappa shape index (κ3) is 5.21. The monoisotopic (exact) mass is 396 g/mol. The van der Waals surface area contributed by atoms with E-state index in [-0.39, 0.29) is 5.91 Å². The average molecular weight is 396 g/mol. The van der Waals surface area contributed by atoms with Crippen molar-refractivity contribution in [2.75, 3.05) is 39.6 Å². The van der Waals surface area contributed by atoms with E-state index in [4.69, 9.17) is 14.2 Å². The van der Waals surface area contributed by atoms with Crippen LogP contribution in [0.15, 0.2) is 42.5 Å². The first-order valence-electron chi connectivity index (χ1n) is 10.3. The van der Waals surface area contributed by atoms with Crippen LogP contribution in [0.4, 0.5) is 0 Å². The molecule has 1 fully saturated rings. The fraction of sp³-hybridized carbons (Fsp3) is 0.435. The maximum absolute atomic E-state index is 12.5. The molecule has 0 atom stereocenters. The van der Waals surface area contributed by atoms with Crippen LogP contribution in [0.2, 0.25) is 0 Å². The van der Waals surface area contributed by atoms with Gasteiger partial charge in [0.05, 0.1) is 6.61 Å². The molecule has 6 nitrogen and oxygen atoms in total. The Morgan fingerprint density at radius 3 is 2.55 bits per heavy atom. The number of fused-ring (bicyclic) bond motifs is 1. The molecule has 2 aromatic carbocycles. The van der Waals surface area contributed by atoms with Crippen molar-refractivity contribution >= 4 is 5.91 Å². The maximum atomic E-state index is 12.5. The predicted octanol–water partition coefficient (Wildman–Crippen LogP) is 3.23. The number of ether oxygens (including phenoxy) is 3. The van der Waals surface area contributed by atoms with Crippen LogP contribution in [-0.2, 0) is 11.3 Å². The lowest BCUT2D eigenvalue weighted by Crippen LogP contribution is -2.48. The van der Waals surface area contributed by atoms with Crippen LogP contribution in [0, 0.1) is 6.92 Å². The summed E-state index contributed by atoms with van der Waals surface area (Å²) in [6.45, 7) is 7.12. The third-order valence-electron chi connectivity index (χ3n) is 5.39. The van der Waals surface area contributed by atoms with Crippen LogP contribution in [0.3, 0.4) is 0 Å². The zero-order chi connectivity index (χ0) is 20.1. The van der Waals surface area contributed by atoms with Crippen LogP contribution in [-0.4, -0.2) is 55.3 Å². The second-order valence-corrected chi connectivity index (χ2v) is 7.61. The van der Waals surface area contributed by atoms with Crippen molar-refractivity contribution in [1.29, 1.82) is 0 Å². The number of nitrogens with zero attached hydrogens (tertiary/aromatic N) is 2. The Hall–Kier alpha value is -2.73. The number of carbonyl (C=O) groups is 1. The van der Waals surface area contributed by atoms with Crippen LogP contribution in [0.5, 0.6) is 17.2 Å². The number of benzene rings is 2. The first-order chi connectivity index (χ1) is 14.2. The Balaban J connectivity index is 1.15. The van der Waals surface area contributed by atoms with Gasteiger partial charge < -0.3 is 19.1 Å². The molecular formula is C23H28N2O4. The Labute approximate surface area is 172 Å². The van der Waals surface area contributed by atoms with Gasteiger partial charge in [-0.3, -0.25) is 9.69 Å². The third-order valence-corrected chi connectivity index (χ3v) is 5.39. The molecule has 2 aromatic rings. The molecule has 0 N–H and O–H groups in total. The van der Waals surface area contributed by atoms with Crippen molar-refractivity contribution in [3.8, 4) is 17.2 Å². The van der Waals surface area contributed by atoms with E-state index in [2.05, 4.69) is 17.9 Å². The smallest absolute Gasteiger partial charge is 0.231 e. The number of amides is 1. The molecule has 0 spiro atoms. The maximum Gasteiger partial charge on any atom is 0.231 e. The number of aryl methyl sites for hydroxylation is 1. The van der Waals surface area contributed by atoms with Gasteiger partial charge in [-0.25, -0.2) is 0 Å². The molecular weight excluding hydrogens is 368 g/mol. The van der Waals surface area contributed by atoms with Gasteiger partial charge in [0.1, 0.15) is 5.75 Å². The molecule has 154 valence electrons. The van der Waals surface area contributed by atoms with Gasteiger partial charge in [0.15, 0.2) is 11.5 Å². The lowest BCUT2D eigenvalue weighted by molar-refractivity contribution is -0.133. The van der Waals surface area contributed by atoms with Crippen molar-refractivity contribution in [3.63, 3.8) is 0 Å². The van der Waals surface area contributed by atoms with Crippen LogP contribution in [0.25, 0.3) is 0 Å². The summed E-state index contributed by atoms with van der Waals surface area (Å²) in [6.07, 6.45) is 1.28. The van der Waals surface area contributed by atoms with E-state index in [0.717, 1.165) is 56.4 Å². The molecule has 0 saturated carbocycles. The number of hydrogen-bond acceptors (Lipinski definition) is 5. The largest absolute Gasteiger partial charge is 0.494 e. The molecule has 0 aromatic heterocycles. The molecule has 1 amide bonds. The van der Waals surface area contributed by atoms with Gasteiger partial charge in [-0.05, 0) is 43.2 Å². The highest BCUT2D eigenvalue weighted by molar-refractivity contribution is 5.76. The van der Waals surface area contributed by atoms with Crippen molar-refractivity contribution < 1.29 is 19.0 Å². The molecule has 1 saturated heterocycles. The summed E-state index contributed by atoms with van der Waals surface area (Å²) in [4.78, 5) is 16.8. The van der Waals surface area contributed by atoms with Gasteiger partial charge in [0.25, 0.3) is 0 Å². The van der Waals surface area contributed by atoms with Crippen LogP contribution >= 0.6 is 0 Å². The van der Waals surface area contributed by atoms with Gasteiger partial charge in [-0.1, -0.05) is 23.8 Å². The highest BCUT2D eigenvalue weighted by Crippen LogP contribution is 2.32.